The average Bonchev–Trinajstić information content (AvgIpc) is 2.01. The first kappa shape index (κ1) is 11.0. The fraction of sp³-hybridized carbons (Fsp3) is 0.300. The summed E-state index contributed by atoms with van der Waals surface area (Å²) in [6, 6.07) is 4.24. The van der Waals surface area contributed by atoms with Crippen molar-refractivity contribution in [2.45, 2.75) is 19.8 Å². The summed E-state index contributed by atoms with van der Waals surface area (Å²) < 4.78 is 17.8. The zero-order valence-electron chi connectivity index (χ0n) is 7.88. The monoisotopic (exact) mass is 216 g/mol. The maximum absolute atomic E-state index is 13.3. The van der Waals surface area contributed by atoms with E-state index in [0.717, 1.165) is 6.07 Å². The normalized spacial score (nSPS) is 10.4. The lowest BCUT2D eigenvalue weighted by Gasteiger charge is -2.07. The highest BCUT2D eigenvalue weighted by Crippen LogP contribution is 2.23. The first-order valence-electron chi connectivity index (χ1n) is 4.17. The summed E-state index contributed by atoms with van der Waals surface area (Å²) in [5.74, 6) is -0.182. The van der Waals surface area contributed by atoms with Crippen LogP contribution < -0.4 is 4.74 Å². The molecule has 0 saturated carbocycles. The van der Waals surface area contributed by atoms with E-state index in [1.807, 2.05) is 13.8 Å². The predicted molar refractivity (Wildman–Crippen MR) is 52.4 cm³/mol. The zero-order chi connectivity index (χ0) is 10.7. The molecule has 0 radical (unpaired) electrons. The Bertz CT molecular complexity index is 350. The molecule has 0 amide bonds. The second-order valence-corrected chi connectivity index (χ2v) is 3.49. The van der Waals surface area contributed by atoms with Gasteiger partial charge in [0, 0.05) is 17.7 Å². The van der Waals surface area contributed by atoms with Crippen LogP contribution in [0.2, 0.25) is 0 Å². The first-order chi connectivity index (χ1) is 6.50. The molecule has 0 unspecified atom stereocenters. The van der Waals surface area contributed by atoms with Crippen LogP contribution in [-0.4, -0.2) is 5.43 Å². The summed E-state index contributed by atoms with van der Waals surface area (Å²) in [4.78, 5) is 10.4. The molecule has 0 heterocycles. The Morgan fingerprint density at radius 1 is 1.50 bits per heavy atom. The van der Waals surface area contributed by atoms with Crippen molar-refractivity contribution in [1.29, 1.82) is 0 Å². The third-order valence-electron chi connectivity index (χ3n) is 1.79. The second-order valence-electron chi connectivity index (χ2n) is 3.18. The number of carbonyl (C=O) groups is 1. The van der Waals surface area contributed by atoms with Crippen molar-refractivity contribution >= 4 is 17.0 Å². The van der Waals surface area contributed by atoms with Gasteiger partial charge >= 0.3 is 5.43 Å². The van der Waals surface area contributed by atoms with Crippen LogP contribution in [0.25, 0.3) is 0 Å². The van der Waals surface area contributed by atoms with Gasteiger partial charge in [-0.3, -0.25) is 0 Å². The lowest BCUT2D eigenvalue weighted by Crippen LogP contribution is -1.98. The standard InChI is InChI=1S/C10H10ClFO2/c1-6(2)8-4-3-7(5-9(8)12)14-10(11)13/h3-6H,1-2H3. The lowest BCUT2D eigenvalue weighted by molar-refractivity contribution is 0.225. The fourth-order valence-corrected chi connectivity index (χ4v) is 1.22. The molecule has 0 fully saturated rings. The Labute approximate surface area is 86.6 Å². The van der Waals surface area contributed by atoms with Crippen molar-refractivity contribution in [2.24, 2.45) is 0 Å². The molecule has 0 atom stereocenters. The van der Waals surface area contributed by atoms with E-state index < -0.39 is 11.2 Å². The smallest absolute Gasteiger partial charge is 0.409 e. The molecule has 1 aromatic rings. The van der Waals surface area contributed by atoms with Crippen molar-refractivity contribution in [2.75, 3.05) is 0 Å². The Kier molecular flexibility index (Phi) is 3.47. The molecule has 0 aliphatic rings. The Hall–Kier alpha value is -1.09. The van der Waals surface area contributed by atoms with Crippen molar-refractivity contribution in [3.05, 3.63) is 29.6 Å². The summed E-state index contributed by atoms with van der Waals surface area (Å²) in [6.45, 7) is 3.76. The van der Waals surface area contributed by atoms with Gasteiger partial charge in [-0.25, -0.2) is 9.18 Å². The highest BCUT2D eigenvalue weighted by atomic mass is 35.5. The van der Waals surface area contributed by atoms with Gasteiger partial charge in [-0.15, -0.1) is 0 Å². The average molecular weight is 217 g/mol. The highest BCUT2D eigenvalue weighted by Gasteiger charge is 2.08. The fourth-order valence-electron chi connectivity index (χ4n) is 1.13. The highest BCUT2D eigenvalue weighted by molar-refractivity contribution is 6.61. The largest absolute Gasteiger partial charge is 0.414 e. The number of carbonyl (C=O) groups excluding carboxylic acids is 1. The van der Waals surface area contributed by atoms with Crippen LogP contribution in [0.4, 0.5) is 9.18 Å². The molecular formula is C10H10ClFO2. The summed E-state index contributed by atoms with van der Waals surface area (Å²) in [7, 11) is 0. The van der Waals surface area contributed by atoms with Gasteiger partial charge in [0.25, 0.3) is 0 Å². The van der Waals surface area contributed by atoms with Gasteiger partial charge in [-0.1, -0.05) is 19.9 Å². The van der Waals surface area contributed by atoms with E-state index in [-0.39, 0.29) is 11.7 Å². The van der Waals surface area contributed by atoms with Crippen LogP contribution in [-0.2, 0) is 0 Å². The molecule has 0 saturated heterocycles. The van der Waals surface area contributed by atoms with Crippen LogP contribution >= 0.6 is 11.6 Å². The maximum Gasteiger partial charge on any atom is 0.409 e. The molecule has 0 bridgehead atoms. The molecule has 0 aliphatic carbocycles. The van der Waals surface area contributed by atoms with Gasteiger partial charge in [-0.05, 0) is 17.5 Å². The predicted octanol–water partition coefficient (Wildman–Crippen LogP) is 3.69. The number of rotatable bonds is 2. The van der Waals surface area contributed by atoms with E-state index in [1.165, 1.54) is 6.07 Å². The SMILES string of the molecule is CC(C)c1ccc(OC(=O)Cl)cc1F. The van der Waals surface area contributed by atoms with Crippen LogP contribution in [0.15, 0.2) is 18.2 Å². The van der Waals surface area contributed by atoms with Crippen LogP contribution in [0.1, 0.15) is 25.3 Å². The van der Waals surface area contributed by atoms with Gasteiger partial charge in [0.05, 0.1) is 0 Å². The molecule has 0 aromatic heterocycles. The molecule has 1 rings (SSSR count). The third-order valence-corrected chi connectivity index (χ3v) is 1.87. The number of hydrogen-bond donors (Lipinski definition) is 0. The Morgan fingerprint density at radius 3 is 2.57 bits per heavy atom. The number of ether oxygens (including phenoxy) is 1. The minimum absolute atomic E-state index is 0.0933. The summed E-state index contributed by atoms with van der Waals surface area (Å²) in [6.07, 6.45) is 0. The molecule has 0 N–H and O–H groups in total. The molecular weight excluding hydrogens is 207 g/mol. The van der Waals surface area contributed by atoms with Crippen LogP contribution in [0, 0.1) is 5.82 Å². The minimum Gasteiger partial charge on any atom is -0.414 e. The quantitative estimate of drug-likeness (QED) is 0.705. The van der Waals surface area contributed by atoms with E-state index in [0.29, 0.717) is 5.56 Å². The zero-order valence-corrected chi connectivity index (χ0v) is 8.64. The van der Waals surface area contributed by atoms with E-state index in [9.17, 15) is 9.18 Å². The minimum atomic E-state index is -0.971. The van der Waals surface area contributed by atoms with Gasteiger partial charge < -0.3 is 4.74 Å². The van der Waals surface area contributed by atoms with Crippen molar-refractivity contribution in [3.63, 3.8) is 0 Å². The van der Waals surface area contributed by atoms with Gasteiger partial charge in [0.2, 0.25) is 0 Å². The molecule has 1 aromatic carbocycles. The van der Waals surface area contributed by atoms with Gasteiger partial charge in [0.1, 0.15) is 11.6 Å². The second kappa shape index (κ2) is 4.42. The topological polar surface area (TPSA) is 26.3 Å². The number of benzene rings is 1. The lowest BCUT2D eigenvalue weighted by atomic mass is 10.0. The van der Waals surface area contributed by atoms with Gasteiger partial charge in [0.15, 0.2) is 0 Å². The molecule has 4 heteroatoms. The van der Waals surface area contributed by atoms with Crippen molar-refractivity contribution in [1.82, 2.24) is 0 Å². The van der Waals surface area contributed by atoms with Crippen LogP contribution in [0.5, 0.6) is 5.75 Å². The van der Waals surface area contributed by atoms with E-state index in [4.69, 9.17) is 11.6 Å². The van der Waals surface area contributed by atoms with Crippen molar-refractivity contribution in [3.8, 4) is 5.75 Å². The first-order valence-corrected chi connectivity index (χ1v) is 4.55. The molecule has 14 heavy (non-hydrogen) atoms. The summed E-state index contributed by atoms with van der Waals surface area (Å²) >= 11 is 4.98. The third kappa shape index (κ3) is 2.70. The number of hydrogen-bond acceptors (Lipinski definition) is 2. The summed E-state index contributed by atoms with van der Waals surface area (Å²) in [5, 5.41) is 0. The Balaban J connectivity index is 2.94. The van der Waals surface area contributed by atoms with E-state index in [2.05, 4.69) is 4.74 Å². The maximum atomic E-state index is 13.3. The van der Waals surface area contributed by atoms with Crippen molar-refractivity contribution < 1.29 is 13.9 Å². The Morgan fingerprint density at radius 2 is 2.14 bits per heavy atom. The summed E-state index contributed by atoms with van der Waals surface area (Å²) in [5.41, 5.74) is -0.388. The molecule has 0 spiro atoms. The molecule has 76 valence electrons. The van der Waals surface area contributed by atoms with E-state index in [1.54, 1.807) is 6.07 Å². The molecule has 0 aliphatic heterocycles. The van der Waals surface area contributed by atoms with Gasteiger partial charge in [-0.2, -0.15) is 0 Å². The number of halogens is 2. The van der Waals surface area contributed by atoms with Crippen LogP contribution in [0.3, 0.4) is 0 Å². The molecule has 2 nitrogen and oxygen atoms in total. The van der Waals surface area contributed by atoms with E-state index >= 15 is 0 Å².